The average molecular weight is 248 g/mol. The lowest BCUT2D eigenvalue weighted by molar-refractivity contribution is -0.122. The molecule has 1 amide bonds. The second-order valence-corrected chi connectivity index (χ2v) is 5.05. The van der Waals surface area contributed by atoms with Gasteiger partial charge in [-0.2, -0.15) is 0 Å². The first-order valence-electron chi connectivity index (χ1n) is 6.68. The predicted octanol–water partition coefficient (Wildman–Crippen LogP) is 2.63. The summed E-state index contributed by atoms with van der Waals surface area (Å²) >= 11 is 0. The zero-order chi connectivity index (χ0) is 13.4. The van der Waals surface area contributed by atoms with Crippen LogP contribution in [0, 0.1) is 5.92 Å². The van der Waals surface area contributed by atoms with E-state index in [1.54, 1.807) is 0 Å². The Kier molecular flexibility index (Phi) is 6.44. The molecule has 18 heavy (non-hydrogen) atoms. The zero-order valence-corrected chi connectivity index (χ0v) is 11.4. The molecule has 0 fully saturated rings. The van der Waals surface area contributed by atoms with Gasteiger partial charge in [-0.05, 0) is 30.9 Å². The molecule has 0 radical (unpaired) electrons. The minimum atomic E-state index is 0.0925. The van der Waals surface area contributed by atoms with Crippen molar-refractivity contribution >= 4 is 5.91 Å². The van der Waals surface area contributed by atoms with Crippen molar-refractivity contribution < 1.29 is 4.79 Å². The lowest BCUT2D eigenvalue weighted by atomic mass is 9.97. The van der Waals surface area contributed by atoms with Crippen molar-refractivity contribution in [3.8, 4) is 0 Å². The molecule has 1 aromatic carbocycles. The highest BCUT2D eigenvalue weighted by Gasteiger charge is 2.15. The van der Waals surface area contributed by atoms with Gasteiger partial charge in [0, 0.05) is 6.42 Å². The van der Waals surface area contributed by atoms with Crippen LogP contribution in [0.15, 0.2) is 30.3 Å². The highest BCUT2D eigenvalue weighted by atomic mass is 16.1. The number of benzene rings is 1. The van der Waals surface area contributed by atoms with E-state index in [0.29, 0.717) is 18.9 Å². The van der Waals surface area contributed by atoms with Crippen molar-refractivity contribution in [2.24, 2.45) is 11.7 Å². The fourth-order valence-corrected chi connectivity index (χ4v) is 1.96. The minimum absolute atomic E-state index is 0.0925. The van der Waals surface area contributed by atoms with Gasteiger partial charge in [0.25, 0.3) is 0 Å². The number of carbonyl (C=O) groups excluding carboxylic acids is 1. The number of nitrogens with one attached hydrogen (secondary N) is 1. The lowest BCUT2D eigenvalue weighted by Crippen LogP contribution is -2.29. The van der Waals surface area contributed by atoms with E-state index in [9.17, 15) is 4.79 Å². The van der Waals surface area contributed by atoms with E-state index in [2.05, 4.69) is 31.3 Å². The van der Waals surface area contributed by atoms with Gasteiger partial charge in [0.05, 0.1) is 6.04 Å². The Morgan fingerprint density at radius 2 is 1.94 bits per heavy atom. The van der Waals surface area contributed by atoms with Crippen LogP contribution in [-0.2, 0) is 4.79 Å². The van der Waals surface area contributed by atoms with Gasteiger partial charge in [-0.1, -0.05) is 44.2 Å². The Hall–Kier alpha value is -1.35. The lowest BCUT2D eigenvalue weighted by Gasteiger charge is -2.21. The summed E-state index contributed by atoms with van der Waals surface area (Å²) < 4.78 is 0. The number of rotatable bonds is 7. The van der Waals surface area contributed by atoms with Crippen molar-refractivity contribution in [1.82, 2.24) is 5.32 Å². The van der Waals surface area contributed by atoms with Crippen LogP contribution >= 0.6 is 0 Å². The molecule has 0 aliphatic heterocycles. The maximum atomic E-state index is 11.8. The van der Waals surface area contributed by atoms with E-state index in [1.807, 2.05) is 18.2 Å². The molecule has 3 nitrogen and oxygen atoms in total. The van der Waals surface area contributed by atoms with Crippen molar-refractivity contribution in [3.63, 3.8) is 0 Å². The quantitative estimate of drug-likeness (QED) is 0.779. The first kappa shape index (κ1) is 14.7. The molecule has 0 aromatic heterocycles. The molecule has 0 aliphatic rings. The first-order chi connectivity index (χ1) is 8.63. The Balaban J connectivity index is 2.64. The van der Waals surface area contributed by atoms with Gasteiger partial charge in [0.15, 0.2) is 0 Å². The Labute approximate surface area is 110 Å². The van der Waals surface area contributed by atoms with Gasteiger partial charge < -0.3 is 11.1 Å². The van der Waals surface area contributed by atoms with Crippen LogP contribution < -0.4 is 11.1 Å². The summed E-state index contributed by atoms with van der Waals surface area (Å²) in [6.07, 6.45) is 2.21. The third kappa shape index (κ3) is 5.32. The topological polar surface area (TPSA) is 55.1 Å². The Bertz CT molecular complexity index is 349. The van der Waals surface area contributed by atoms with E-state index in [4.69, 9.17) is 5.73 Å². The summed E-state index contributed by atoms with van der Waals surface area (Å²) in [6, 6.07) is 10.2. The minimum Gasteiger partial charge on any atom is -0.349 e. The molecule has 0 saturated heterocycles. The molecular weight excluding hydrogens is 224 g/mol. The number of amides is 1. The van der Waals surface area contributed by atoms with Gasteiger partial charge in [-0.3, -0.25) is 4.79 Å². The second-order valence-electron chi connectivity index (χ2n) is 5.05. The predicted molar refractivity (Wildman–Crippen MR) is 75.1 cm³/mol. The maximum Gasteiger partial charge on any atom is 0.220 e. The van der Waals surface area contributed by atoms with Crippen molar-refractivity contribution in [1.29, 1.82) is 0 Å². The smallest absolute Gasteiger partial charge is 0.220 e. The molecule has 1 aromatic rings. The van der Waals surface area contributed by atoms with Crippen LogP contribution in [-0.4, -0.2) is 12.5 Å². The van der Waals surface area contributed by atoms with Crippen molar-refractivity contribution in [2.75, 3.05) is 6.54 Å². The van der Waals surface area contributed by atoms with Crippen molar-refractivity contribution in [3.05, 3.63) is 35.9 Å². The fraction of sp³-hybridized carbons (Fsp3) is 0.533. The highest BCUT2D eigenvalue weighted by Crippen LogP contribution is 2.21. The van der Waals surface area contributed by atoms with Crippen LogP contribution in [0.2, 0.25) is 0 Å². The van der Waals surface area contributed by atoms with E-state index >= 15 is 0 Å². The standard InChI is InChI=1S/C15H24N2O/c1-12(2)11-14(13-7-4-3-5-8-13)17-15(18)9-6-10-16/h3-5,7-8,12,14H,6,9-11,16H2,1-2H3,(H,17,18). The summed E-state index contributed by atoms with van der Waals surface area (Å²) in [7, 11) is 0. The average Bonchev–Trinajstić information content (AvgIpc) is 2.36. The molecule has 0 spiro atoms. The van der Waals surface area contributed by atoms with Crippen LogP contribution in [0.3, 0.4) is 0 Å². The SMILES string of the molecule is CC(C)CC(NC(=O)CCCN)c1ccccc1. The molecule has 3 heteroatoms. The van der Waals surface area contributed by atoms with E-state index in [-0.39, 0.29) is 11.9 Å². The third-order valence-electron chi connectivity index (χ3n) is 2.85. The molecule has 1 rings (SSSR count). The maximum absolute atomic E-state index is 11.8. The molecule has 0 heterocycles. The van der Waals surface area contributed by atoms with Crippen LogP contribution in [0.4, 0.5) is 0 Å². The van der Waals surface area contributed by atoms with Crippen molar-refractivity contribution in [2.45, 2.75) is 39.2 Å². The van der Waals surface area contributed by atoms with Crippen LogP contribution in [0.1, 0.15) is 44.7 Å². The number of carbonyl (C=O) groups is 1. The largest absolute Gasteiger partial charge is 0.349 e. The molecule has 100 valence electrons. The summed E-state index contributed by atoms with van der Waals surface area (Å²) in [5.74, 6) is 0.639. The van der Waals surface area contributed by atoms with Gasteiger partial charge in [-0.15, -0.1) is 0 Å². The summed E-state index contributed by atoms with van der Waals surface area (Å²) in [6.45, 7) is 4.90. The Morgan fingerprint density at radius 3 is 2.50 bits per heavy atom. The molecule has 3 N–H and O–H groups in total. The molecular formula is C15H24N2O. The third-order valence-corrected chi connectivity index (χ3v) is 2.85. The summed E-state index contributed by atoms with van der Waals surface area (Å²) in [5.41, 5.74) is 6.59. The molecule has 0 saturated carbocycles. The molecule has 0 aliphatic carbocycles. The summed E-state index contributed by atoms with van der Waals surface area (Å²) in [4.78, 5) is 11.8. The van der Waals surface area contributed by atoms with E-state index in [0.717, 1.165) is 12.8 Å². The Morgan fingerprint density at radius 1 is 1.28 bits per heavy atom. The second kappa shape index (κ2) is 7.88. The molecule has 0 bridgehead atoms. The normalized spacial score (nSPS) is 12.4. The monoisotopic (exact) mass is 248 g/mol. The highest BCUT2D eigenvalue weighted by molar-refractivity contribution is 5.76. The summed E-state index contributed by atoms with van der Waals surface area (Å²) in [5, 5.41) is 3.10. The molecule has 1 unspecified atom stereocenters. The number of nitrogens with two attached hydrogens (primary N) is 1. The van der Waals surface area contributed by atoms with E-state index in [1.165, 1.54) is 5.56 Å². The van der Waals surface area contributed by atoms with Gasteiger partial charge >= 0.3 is 0 Å². The zero-order valence-electron chi connectivity index (χ0n) is 11.4. The van der Waals surface area contributed by atoms with Gasteiger partial charge in [0.2, 0.25) is 5.91 Å². The van der Waals surface area contributed by atoms with Crippen LogP contribution in [0.5, 0.6) is 0 Å². The fourth-order valence-electron chi connectivity index (χ4n) is 1.96. The van der Waals surface area contributed by atoms with Gasteiger partial charge in [-0.25, -0.2) is 0 Å². The van der Waals surface area contributed by atoms with Crippen LogP contribution in [0.25, 0.3) is 0 Å². The number of hydrogen-bond donors (Lipinski definition) is 2. The van der Waals surface area contributed by atoms with E-state index < -0.39 is 0 Å². The molecule has 1 atom stereocenters. The number of hydrogen-bond acceptors (Lipinski definition) is 2. The van der Waals surface area contributed by atoms with Gasteiger partial charge in [0.1, 0.15) is 0 Å². The first-order valence-corrected chi connectivity index (χ1v) is 6.68.